The van der Waals surface area contributed by atoms with Gasteiger partial charge in [0.25, 0.3) is 5.69 Å². The summed E-state index contributed by atoms with van der Waals surface area (Å²) in [6.45, 7) is 4.80. The highest BCUT2D eigenvalue weighted by atomic mass is 16.6. The van der Waals surface area contributed by atoms with Crippen molar-refractivity contribution in [2.75, 3.05) is 6.61 Å². The number of allylic oxidation sites excluding steroid dienone is 1. The SMILES string of the molecule is CC(C)COc1ccc(/C=C(\C#N)c2cccc([N+](=O)[O-])c2)cc1. The van der Waals surface area contributed by atoms with E-state index in [1.165, 1.54) is 12.1 Å². The van der Waals surface area contributed by atoms with Gasteiger partial charge in [0, 0.05) is 12.1 Å². The van der Waals surface area contributed by atoms with E-state index >= 15 is 0 Å². The van der Waals surface area contributed by atoms with Gasteiger partial charge in [-0.05, 0) is 35.3 Å². The molecule has 0 radical (unpaired) electrons. The number of nitro groups is 1. The van der Waals surface area contributed by atoms with Crippen molar-refractivity contribution in [3.63, 3.8) is 0 Å². The van der Waals surface area contributed by atoms with Crippen molar-refractivity contribution in [3.8, 4) is 11.8 Å². The Labute approximate surface area is 141 Å². The number of non-ortho nitro benzene ring substituents is 1. The van der Waals surface area contributed by atoms with Gasteiger partial charge in [0.05, 0.1) is 23.2 Å². The molecule has 0 atom stereocenters. The quantitative estimate of drug-likeness (QED) is 0.334. The Balaban J connectivity index is 2.23. The zero-order valence-electron chi connectivity index (χ0n) is 13.6. The van der Waals surface area contributed by atoms with Crippen LogP contribution in [-0.2, 0) is 0 Å². The fourth-order valence-corrected chi connectivity index (χ4v) is 2.06. The lowest BCUT2D eigenvalue weighted by Gasteiger charge is -2.08. The van der Waals surface area contributed by atoms with Crippen molar-refractivity contribution in [1.82, 2.24) is 0 Å². The highest BCUT2D eigenvalue weighted by molar-refractivity contribution is 5.90. The first kappa shape index (κ1) is 17.2. The molecule has 122 valence electrons. The average molecular weight is 322 g/mol. The van der Waals surface area contributed by atoms with Gasteiger partial charge in [0.1, 0.15) is 5.75 Å². The molecule has 5 heteroatoms. The molecule has 2 aromatic rings. The van der Waals surface area contributed by atoms with Crippen LogP contribution in [0.4, 0.5) is 5.69 Å². The second-order valence-corrected chi connectivity index (χ2v) is 5.75. The standard InChI is InChI=1S/C19H18N2O3/c1-14(2)13-24-19-8-6-15(7-9-19)10-17(12-20)16-4-3-5-18(11-16)21(22)23/h3-11,14H,13H2,1-2H3/b17-10+. The van der Waals surface area contributed by atoms with Crippen LogP contribution in [0.1, 0.15) is 25.0 Å². The van der Waals surface area contributed by atoms with Crippen molar-refractivity contribution >= 4 is 17.3 Å². The van der Waals surface area contributed by atoms with Gasteiger partial charge >= 0.3 is 0 Å². The van der Waals surface area contributed by atoms with Crippen LogP contribution in [0.3, 0.4) is 0 Å². The van der Waals surface area contributed by atoms with E-state index in [4.69, 9.17) is 4.74 Å². The molecule has 0 amide bonds. The van der Waals surface area contributed by atoms with Crippen molar-refractivity contribution in [2.45, 2.75) is 13.8 Å². The lowest BCUT2D eigenvalue weighted by molar-refractivity contribution is -0.384. The van der Waals surface area contributed by atoms with Crippen LogP contribution < -0.4 is 4.74 Å². The normalized spacial score (nSPS) is 11.2. The van der Waals surface area contributed by atoms with Gasteiger partial charge in [-0.15, -0.1) is 0 Å². The minimum atomic E-state index is -0.473. The molecule has 0 spiro atoms. The Morgan fingerprint density at radius 2 is 2.00 bits per heavy atom. The van der Waals surface area contributed by atoms with Crippen LogP contribution >= 0.6 is 0 Å². The van der Waals surface area contributed by atoms with Crippen LogP contribution in [0, 0.1) is 27.4 Å². The zero-order chi connectivity index (χ0) is 17.5. The first-order chi connectivity index (χ1) is 11.5. The van der Waals surface area contributed by atoms with E-state index in [0.29, 0.717) is 23.7 Å². The number of nitriles is 1. The molecule has 5 nitrogen and oxygen atoms in total. The van der Waals surface area contributed by atoms with Crippen LogP contribution in [0.25, 0.3) is 11.6 Å². The van der Waals surface area contributed by atoms with Crippen molar-refractivity contribution in [2.24, 2.45) is 5.92 Å². The largest absolute Gasteiger partial charge is 0.493 e. The minimum absolute atomic E-state index is 0.0360. The zero-order valence-corrected chi connectivity index (χ0v) is 13.6. The molecule has 0 saturated carbocycles. The molecular formula is C19H18N2O3. The predicted molar refractivity (Wildman–Crippen MR) is 93.4 cm³/mol. The van der Waals surface area contributed by atoms with Gasteiger partial charge in [0.15, 0.2) is 0 Å². The third-order valence-electron chi connectivity index (χ3n) is 3.26. The van der Waals surface area contributed by atoms with Crippen LogP contribution in [0.5, 0.6) is 5.75 Å². The summed E-state index contributed by atoms with van der Waals surface area (Å²) in [5, 5.41) is 20.2. The van der Waals surface area contributed by atoms with E-state index in [9.17, 15) is 15.4 Å². The lowest BCUT2D eigenvalue weighted by atomic mass is 10.0. The summed E-state index contributed by atoms with van der Waals surface area (Å²) in [6.07, 6.45) is 1.70. The third-order valence-corrected chi connectivity index (χ3v) is 3.26. The van der Waals surface area contributed by atoms with Crippen LogP contribution in [-0.4, -0.2) is 11.5 Å². The minimum Gasteiger partial charge on any atom is -0.493 e. The molecule has 24 heavy (non-hydrogen) atoms. The smallest absolute Gasteiger partial charge is 0.270 e. The van der Waals surface area contributed by atoms with Gasteiger partial charge in [-0.1, -0.05) is 38.1 Å². The highest BCUT2D eigenvalue weighted by Crippen LogP contribution is 2.23. The molecule has 2 aromatic carbocycles. The Morgan fingerprint density at radius 1 is 1.29 bits per heavy atom. The fourth-order valence-electron chi connectivity index (χ4n) is 2.06. The van der Waals surface area contributed by atoms with Gasteiger partial charge in [0.2, 0.25) is 0 Å². The Kier molecular flexibility index (Phi) is 5.69. The number of benzene rings is 2. The van der Waals surface area contributed by atoms with E-state index in [-0.39, 0.29) is 5.69 Å². The van der Waals surface area contributed by atoms with Gasteiger partial charge < -0.3 is 4.74 Å². The lowest BCUT2D eigenvalue weighted by Crippen LogP contribution is -2.04. The van der Waals surface area contributed by atoms with Crippen molar-refractivity contribution in [3.05, 3.63) is 69.8 Å². The molecule has 0 N–H and O–H groups in total. The van der Waals surface area contributed by atoms with E-state index < -0.39 is 4.92 Å². The Morgan fingerprint density at radius 3 is 2.58 bits per heavy atom. The van der Waals surface area contributed by atoms with E-state index in [0.717, 1.165) is 11.3 Å². The van der Waals surface area contributed by atoms with Crippen molar-refractivity contribution < 1.29 is 9.66 Å². The predicted octanol–water partition coefficient (Wildman–Crippen LogP) is 4.69. The highest BCUT2D eigenvalue weighted by Gasteiger charge is 2.09. The van der Waals surface area contributed by atoms with Crippen LogP contribution in [0.2, 0.25) is 0 Å². The number of rotatable bonds is 6. The molecule has 0 aliphatic rings. The first-order valence-corrected chi connectivity index (χ1v) is 7.59. The topological polar surface area (TPSA) is 76.2 Å². The van der Waals surface area contributed by atoms with Gasteiger partial charge in [-0.3, -0.25) is 10.1 Å². The van der Waals surface area contributed by atoms with Gasteiger partial charge in [-0.25, -0.2) is 0 Å². The second kappa shape index (κ2) is 7.93. The molecule has 0 saturated heterocycles. The molecule has 0 aromatic heterocycles. The fraction of sp³-hybridized carbons (Fsp3) is 0.211. The Hall–Kier alpha value is -3.13. The van der Waals surface area contributed by atoms with Crippen LogP contribution in [0.15, 0.2) is 48.5 Å². The number of nitro benzene ring substituents is 1. The molecule has 0 heterocycles. The molecule has 0 bridgehead atoms. The number of hydrogen-bond donors (Lipinski definition) is 0. The summed E-state index contributed by atoms with van der Waals surface area (Å²) >= 11 is 0. The van der Waals surface area contributed by atoms with E-state index in [1.54, 1.807) is 18.2 Å². The molecule has 2 rings (SSSR count). The molecule has 0 aliphatic carbocycles. The van der Waals surface area contributed by atoms with E-state index in [1.807, 2.05) is 24.3 Å². The summed E-state index contributed by atoms with van der Waals surface area (Å²) in [4.78, 5) is 10.4. The molecule has 0 fully saturated rings. The average Bonchev–Trinajstić information content (AvgIpc) is 2.59. The molecule has 0 unspecified atom stereocenters. The van der Waals surface area contributed by atoms with Crippen molar-refractivity contribution in [1.29, 1.82) is 5.26 Å². The summed E-state index contributed by atoms with van der Waals surface area (Å²) < 4.78 is 5.62. The summed E-state index contributed by atoms with van der Waals surface area (Å²) in [7, 11) is 0. The monoisotopic (exact) mass is 322 g/mol. The summed E-state index contributed by atoms with van der Waals surface area (Å²) in [5.41, 5.74) is 1.68. The molecular weight excluding hydrogens is 304 g/mol. The second-order valence-electron chi connectivity index (χ2n) is 5.75. The maximum Gasteiger partial charge on any atom is 0.270 e. The number of nitrogens with zero attached hydrogens (tertiary/aromatic N) is 2. The maximum atomic E-state index is 10.9. The first-order valence-electron chi connectivity index (χ1n) is 7.59. The molecule has 0 aliphatic heterocycles. The maximum absolute atomic E-state index is 10.9. The summed E-state index contributed by atoms with van der Waals surface area (Å²) in [6, 6.07) is 15.5. The van der Waals surface area contributed by atoms with E-state index in [2.05, 4.69) is 19.9 Å². The summed E-state index contributed by atoms with van der Waals surface area (Å²) in [5.74, 6) is 1.22. The number of hydrogen-bond acceptors (Lipinski definition) is 4. The van der Waals surface area contributed by atoms with Gasteiger partial charge in [-0.2, -0.15) is 5.26 Å². The Bertz CT molecular complexity index is 787. The number of ether oxygens (including phenoxy) is 1. The third kappa shape index (κ3) is 4.68.